The highest BCUT2D eigenvalue weighted by molar-refractivity contribution is 7.80. The Labute approximate surface area is 175 Å². The fraction of sp³-hybridized carbons (Fsp3) is 0.429. The van der Waals surface area contributed by atoms with E-state index in [9.17, 15) is 14.7 Å². The summed E-state index contributed by atoms with van der Waals surface area (Å²) in [5, 5.41) is 9.66. The number of rotatable bonds is 9. The third kappa shape index (κ3) is 4.96. The van der Waals surface area contributed by atoms with E-state index in [4.69, 9.17) is 9.47 Å². The Morgan fingerprint density at radius 1 is 1.29 bits per heavy atom. The van der Waals surface area contributed by atoms with Crippen LogP contribution in [0.5, 0.6) is 5.75 Å². The standard InChI is InChI=1S/C21H26O5S2/c1-12-5-6-15(9-16(12)11-22)19(13(2)21(24)26-7-8-27)18-10-17(25-4)20(28-18)14(3)23/h5-6,9-10,13,19,22,27H,7-8,11H2,1-4H3. The Kier molecular flexibility index (Phi) is 8.10. The van der Waals surface area contributed by atoms with Crippen molar-refractivity contribution in [3.63, 3.8) is 0 Å². The van der Waals surface area contributed by atoms with Gasteiger partial charge in [0.15, 0.2) is 5.78 Å². The van der Waals surface area contributed by atoms with Crippen LogP contribution in [0.3, 0.4) is 0 Å². The number of thiol groups is 1. The molecule has 28 heavy (non-hydrogen) atoms. The van der Waals surface area contributed by atoms with Gasteiger partial charge in [-0.3, -0.25) is 9.59 Å². The van der Waals surface area contributed by atoms with E-state index in [2.05, 4.69) is 12.6 Å². The van der Waals surface area contributed by atoms with Crippen molar-refractivity contribution in [1.82, 2.24) is 0 Å². The second-order valence-corrected chi connectivity index (χ2v) is 8.13. The zero-order valence-corrected chi connectivity index (χ0v) is 18.2. The summed E-state index contributed by atoms with van der Waals surface area (Å²) in [6.07, 6.45) is 0. The summed E-state index contributed by atoms with van der Waals surface area (Å²) in [5.41, 5.74) is 2.65. The lowest BCUT2D eigenvalue weighted by atomic mass is 9.84. The van der Waals surface area contributed by atoms with Gasteiger partial charge in [0, 0.05) is 23.5 Å². The minimum absolute atomic E-state index is 0.0860. The number of aliphatic hydroxyl groups excluding tert-OH is 1. The van der Waals surface area contributed by atoms with E-state index in [1.807, 2.05) is 38.1 Å². The van der Waals surface area contributed by atoms with Crippen molar-refractivity contribution in [2.45, 2.75) is 33.3 Å². The molecule has 2 rings (SSSR count). The van der Waals surface area contributed by atoms with E-state index >= 15 is 0 Å². The molecule has 0 aliphatic carbocycles. The van der Waals surface area contributed by atoms with Crippen molar-refractivity contribution < 1.29 is 24.2 Å². The highest BCUT2D eigenvalue weighted by Gasteiger charge is 2.31. The Morgan fingerprint density at radius 2 is 2.00 bits per heavy atom. The summed E-state index contributed by atoms with van der Waals surface area (Å²) < 4.78 is 10.7. The maximum atomic E-state index is 12.6. The van der Waals surface area contributed by atoms with Gasteiger partial charge in [0.2, 0.25) is 0 Å². The lowest BCUT2D eigenvalue weighted by Gasteiger charge is -2.23. The first-order valence-corrected chi connectivity index (χ1v) is 10.4. The van der Waals surface area contributed by atoms with Gasteiger partial charge in [0.05, 0.1) is 19.6 Å². The van der Waals surface area contributed by atoms with Crippen LogP contribution < -0.4 is 4.74 Å². The van der Waals surface area contributed by atoms with Crippen LogP contribution in [0.15, 0.2) is 24.3 Å². The van der Waals surface area contributed by atoms with Gasteiger partial charge in [-0.1, -0.05) is 25.1 Å². The fourth-order valence-electron chi connectivity index (χ4n) is 3.11. The molecule has 2 atom stereocenters. The van der Waals surface area contributed by atoms with Crippen LogP contribution in [0.25, 0.3) is 0 Å². The molecule has 0 radical (unpaired) electrons. The third-order valence-electron chi connectivity index (χ3n) is 4.67. The Morgan fingerprint density at radius 3 is 2.54 bits per heavy atom. The van der Waals surface area contributed by atoms with Gasteiger partial charge in [-0.25, -0.2) is 0 Å². The lowest BCUT2D eigenvalue weighted by Crippen LogP contribution is -2.23. The van der Waals surface area contributed by atoms with E-state index in [0.717, 1.165) is 21.6 Å². The molecule has 0 aliphatic heterocycles. The van der Waals surface area contributed by atoms with Crippen molar-refractivity contribution in [3.05, 3.63) is 50.7 Å². The van der Waals surface area contributed by atoms with Crippen molar-refractivity contribution in [3.8, 4) is 5.75 Å². The zero-order chi connectivity index (χ0) is 20.8. The van der Waals surface area contributed by atoms with Crippen LogP contribution >= 0.6 is 24.0 Å². The SMILES string of the molecule is COc1cc(C(c2ccc(C)c(CO)c2)C(C)C(=O)OCCS)sc1C(C)=O. The summed E-state index contributed by atoms with van der Waals surface area (Å²) in [6.45, 7) is 5.38. The third-order valence-corrected chi connectivity index (χ3v) is 6.16. The van der Waals surface area contributed by atoms with Gasteiger partial charge in [-0.2, -0.15) is 12.6 Å². The first-order chi connectivity index (χ1) is 13.3. The number of carbonyl (C=O) groups excluding carboxylic acids is 2. The minimum atomic E-state index is -0.489. The van der Waals surface area contributed by atoms with Gasteiger partial charge < -0.3 is 14.6 Å². The molecule has 0 spiro atoms. The van der Waals surface area contributed by atoms with Gasteiger partial charge in [0.25, 0.3) is 0 Å². The van der Waals surface area contributed by atoms with E-state index in [1.165, 1.54) is 25.4 Å². The molecule has 2 unspecified atom stereocenters. The van der Waals surface area contributed by atoms with Crippen molar-refractivity contribution in [2.24, 2.45) is 5.92 Å². The fourth-order valence-corrected chi connectivity index (χ4v) is 4.46. The molecule has 0 bridgehead atoms. The molecule has 1 heterocycles. The van der Waals surface area contributed by atoms with Gasteiger partial charge in [-0.05, 0) is 29.7 Å². The molecule has 0 fully saturated rings. The molecular weight excluding hydrogens is 396 g/mol. The molecule has 0 amide bonds. The number of aryl methyl sites for hydroxylation is 1. The van der Waals surface area contributed by atoms with E-state index < -0.39 is 5.92 Å². The number of benzene rings is 1. The number of carbonyl (C=O) groups is 2. The second-order valence-electron chi connectivity index (χ2n) is 6.60. The highest BCUT2D eigenvalue weighted by Crippen LogP contribution is 2.41. The predicted molar refractivity (Wildman–Crippen MR) is 114 cm³/mol. The number of Topliss-reactive ketones (excluding diaryl/α,β-unsaturated/α-hetero) is 1. The number of hydrogen-bond donors (Lipinski definition) is 2. The largest absolute Gasteiger partial charge is 0.495 e. The van der Waals surface area contributed by atoms with Crippen molar-refractivity contribution in [1.29, 1.82) is 0 Å². The number of methoxy groups -OCH3 is 1. The number of aliphatic hydroxyl groups is 1. The van der Waals surface area contributed by atoms with Gasteiger partial charge in [0.1, 0.15) is 17.2 Å². The average molecular weight is 423 g/mol. The molecule has 0 aliphatic rings. The van der Waals surface area contributed by atoms with E-state index in [1.54, 1.807) is 0 Å². The average Bonchev–Trinajstić information content (AvgIpc) is 3.11. The molecular formula is C21H26O5S2. The second kappa shape index (κ2) is 10.1. The highest BCUT2D eigenvalue weighted by atomic mass is 32.1. The van der Waals surface area contributed by atoms with Crippen LogP contribution in [-0.2, 0) is 16.1 Å². The Balaban J connectivity index is 2.56. The maximum absolute atomic E-state index is 12.6. The first-order valence-electron chi connectivity index (χ1n) is 9.00. The maximum Gasteiger partial charge on any atom is 0.309 e. The topological polar surface area (TPSA) is 72.8 Å². The predicted octanol–water partition coefficient (Wildman–Crippen LogP) is 4.00. The number of esters is 1. The molecule has 1 N–H and O–H groups in total. The lowest BCUT2D eigenvalue weighted by molar-refractivity contribution is -0.147. The number of hydrogen-bond acceptors (Lipinski definition) is 7. The summed E-state index contributed by atoms with van der Waals surface area (Å²) >= 11 is 5.41. The summed E-state index contributed by atoms with van der Waals surface area (Å²) in [4.78, 5) is 26.0. The van der Waals surface area contributed by atoms with Crippen LogP contribution in [0, 0.1) is 12.8 Å². The molecule has 0 saturated carbocycles. The quantitative estimate of drug-likeness (QED) is 0.363. The van der Waals surface area contributed by atoms with Gasteiger partial charge >= 0.3 is 5.97 Å². The molecule has 1 aromatic carbocycles. The summed E-state index contributed by atoms with van der Waals surface area (Å²) in [7, 11) is 1.52. The number of ketones is 1. The van der Waals surface area contributed by atoms with Crippen molar-refractivity contribution >= 4 is 35.7 Å². The summed E-state index contributed by atoms with van der Waals surface area (Å²) in [5.74, 6) is -0.284. The van der Waals surface area contributed by atoms with Crippen LogP contribution in [0.4, 0.5) is 0 Å². The van der Waals surface area contributed by atoms with Crippen LogP contribution in [0.2, 0.25) is 0 Å². The molecule has 152 valence electrons. The van der Waals surface area contributed by atoms with E-state index in [0.29, 0.717) is 16.4 Å². The normalized spacial score (nSPS) is 13.1. The number of ether oxygens (including phenoxy) is 2. The molecule has 0 saturated heterocycles. The molecule has 5 nitrogen and oxygen atoms in total. The number of thiophene rings is 1. The smallest absolute Gasteiger partial charge is 0.309 e. The Bertz CT molecular complexity index is 843. The van der Waals surface area contributed by atoms with Crippen molar-refractivity contribution in [2.75, 3.05) is 19.5 Å². The van der Waals surface area contributed by atoms with Gasteiger partial charge in [-0.15, -0.1) is 11.3 Å². The van der Waals surface area contributed by atoms with E-state index in [-0.39, 0.29) is 30.9 Å². The zero-order valence-electron chi connectivity index (χ0n) is 16.5. The monoisotopic (exact) mass is 422 g/mol. The first kappa shape index (κ1) is 22.5. The molecule has 7 heteroatoms. The summed E-state index contributed by atoms with van der Waals surface area (Å²) in [6, 6.07) is 7.59. The molecule has 2 aromatic rings. The minimum Gasteiger partial charge on any atom is -0.495 e. The van der Waals surface area contributed by atoms with Crippen LogP contribution in [0.1, 0.15) is 51.0 Å². The molecule has 1 aromatic heterocycles. The Hall–Kier alpha value is -1.83. The van der Waals surface area contributed by atoms with Crippen LogP contribution in [-0.4, -0.2) is 36.3 Å².